The molecule has 0 aliphatic heterocycles. The Labute approximate surface area is 79.5 Å². The summed E-state index contributed by atoms with van der Waals surface area (Å²) in [4.78, 5) is 0. The molecule has 0 aliphatic carbocycles. The number of rotatable bonds is 5. The second kappa shape index (κ2) is 5.70. The van der Waals surface area contributed by atoms with Crippen LogP contribution in [0.1, 0.15) is 18.9 Å². The van der Waals surface area contributed by atoms with Gasteiger partial charge in [-0.1, -0.05) is 37.3 Å². The number of nitrogens with one attached hydrogen (secondary N) is 1. The van der Waals surface area contributed by atoms with E-state index in [0.29, 0.717) is 0 Å². The summed E-state index contributed by atoms with van der Waals surface area (Å²) in [5, 5.41) is 2.00. The van der Waals surface area contributed by atoms with Crippen molar-refractivity contribution < 1.29 is 0 Å². The average molecular weight is 179 g/mol. The third-order valence-electron chi connectivity index (χ3n) is 1.89. The third-order valence-corrected chi connectivity index (χ3v) is 1.89. The molecule has 0 spiro atoms. The Morgan fingerprint density at radius 1 is 1.31 bits per heavy atom. The van der Waals surface area contributed by atoms with Crippen molar-refractivity contribution in [3.05, 3.63) is 35.9 Å². The van der Waals surface area contributed by atoms with E-state index in [1.54, 1.807) is 0 Å². The lowest BCUT2D eigenvalue weighted by molar-refractivity contribution is 0.180. The Morgan fingerprint density at radius 3 is 2.54 bits per heavy atom. The highest BCUT2D eigenvalue weighted by molar-refractivity contribution is 5.14. The molecule has 0 bridgehead atoms. The minimum Gasteiger partial charge on any atom is -0.258 e. The number of hydrogen-bond acceptors (Lipinski definition) is 3. The summed E-state index contributed by atoms with van der Waals surface area (Å²) in [6.07, 6.45) is 1.09. The lowest BCUT2D eigenvalue weighted by atomic mass is 10.2. The van der Waals surface area contributed by atoms with Gasteiger partial charge in [-0.15, -0.1) is 0 Å². The predicted molar refractivity (Wildman–Crippen MR) is 54.5 cm³/mol. The number of nitrogens with two attached hydrogens (primary N) is 1. The second-order valence-electron chi connectivity index (χ2n) is 3.04. The number of hydrazine groups is 2. The Kier molecular flexibility index (Phi) is 4.46. The van der Waals surface area contributed by atoms with Crippen LogP contribution >= 0.6 is 0 Å². The molecule has 0 amide bonds. The van der Waals surface area contributed by atoms with Crippen LogP contribution in [0.25, 0.3) is 0 Å². The molecule has 13 heavy (non-hydrogen) atoms. The normalized spacial score (nSPS) is 10.7. The average Bonchev–Trinajstić information content (AvgIpc) is 2.19. The Balaban J connectivity index is 2.46. The minimum atomic E-state index is 0.852. The Bertz CT molecular complexity index is 223. The van der Waals surface area contributed by atoms with Gasteiger partial charge in [-0.25, -0.2) is 5.01 Å². The number of nitrogens with zero attached hydrogens (tertiary/aromatic N) is 1. The SMILES string of the molecule is CCCN(Cc1ccccc1)NN. The van der Waals surface area contributed by atoms with Crippen molar-refractivity contribution in [3.8, 4) is 0 Å². The van der Waals surface area contributed by atoms with Gasteiger partial charge in [0.2, 0.25) is 0 Å². The molecule has 3 nitrogen and oxygen atoms in total. The first-order valence-corrected chi connectivity index (χ1v) is 4.62. The van der Waals surface area contributed by atoms with Gasteiger partial charge in [0.25, 0.3) is 0 Å². The molecule has 0 aromatic heterocycles. The highest BCUT2D eigenvalue weighted by atomic mass is 15.6. The van der Waals surface area contributed by atoms with Gasteiger partial charge >= 0.3 is 0 Å². The number of hydrogen-bond donors (Lipinski definition) is 2. The summed E-state index contributed by atoms with van der Waals surface area (Å²) in [6.45, 7) is 3.95. The maximum atomic E-state index is 5.38. The topological polar surface area (TPSA) is 41.3 Å². The van der Waals surface area contributed by atoms with Crippen LogP contribution in [0.15, 0.2) is 30.3 Å². The smallest absolute Gasteiger partial charge is 0.0394 e. The van der Waals surface area contributed by atoms with E-state index in [9.17, 15) is 0 Å². The monoisotopic (exact) mass is 179 g/mol. The first kappa shape index (κ1) is 10.2. The molecule has 0 saturated carbocycles. The molecule has 0 unspecified atom stereocenters. The molecular formula is C10H17N3. The van der Waals surface area contributed by atoms with Crippen LogP contribution in [0.3, 0.4) is 0 Å². The zero-order chi connectivity index (χ0) is 9.52. The third kappa shape index (κ3) is 3.55. The summed E-state index contributed by atoms with van der Waals surface area (Å²) in [5.74, 6) is 5.38. The Morgan fingerprint density at radius 2 is 2.00 bits per heavy atom. The van der Waals surface area contributed by atoms with Gasteiger partial charge in [0.1, 0.15) is 0 Å². The molecule has 1 aromatic carbocycles. The van der Waals surface area contributed by atoms with Crippen LogP contribution in [0, 0.1) is 0 Å². The van der Waals surface area contributed by atoms with E-state index in [-0.39, 0.29) is 0 Å². The summed E-state index contributed by atoms with van der Waals surface area (Å²) >= 11 is 0. The number of benzene rings is 1. The van der Waals surface area contributed by atoms with E-state index < -0.39 is 0 Å². The van der Waals surface area contributed by atoms with Crippen LogP contribution in [0.2, 0.25) is 0 Å². The Hall–Kier alpha value is -0.900. The van der Waals surface area contributed by atoms with Crippen molar-refractivity contribution in [1.82, 2.24) is 10.5 Å². The lowest BCUT2D eigenvalue weighted by Crippen LogP contribution is -2.42. The van der Waals surface area contributed by atoms with E-state index in [4.69, 9.17) is 5.84 Å². The van der Waals surface area contributed by atoms with Crippen LogP contribution in [-0.4, -0.2) is 11.6 Å². The molecule has 72 valence electrons. The van der Waals surface area contributed by atoms with E-state index in [0.717, 1.165) is 19.5 Å². The van der Waals surface area contributed by atoms with Crippen molar-refractivity contribution in [2.24, 2.45) is 5.84 Å². The van der Waals surface area contributed by atoms with Gasteiger partial charge in [0, 0.05) is 13.1 Å². The molecule has 0 fully saturated rings. The van der Waals surface area contributed by atoms with Gasteiger partial charge in [-0.3, -0.25) is 5.84 Å². The van der Waals surface area contributed by atoms with Crippen LogP contribution < -0.4 is 11.4 Å². The van der Waals surface area contributed by atoms with E-state index in [1.165, 1.54) is 5.56 Å². The summed E-state index contributed by atoms with van der Waals surface area (Å²) in [5.41, 5.74) is 3.96. The standard InChI is InChI=1S/C10H17N3/c1-2-8-13(12-11)9-10-6-4-3-5-7-10/h3-7,12H,2,8-9,11H2,1H3. The quantitative estimate of drug-likeness (QED) is 0.528. The van der Waals surface area contributed by atoms with Gasteiger partial charge in [0.05, 0.1) is 0 Å². The van der Waals surface area contributed by atoms with Gasteiger partial charge in [-0.2, -0.15) is 5.53 Å². The summed E-state index contributed by atoms with van der Waals surface area (Å²) in [6, 6.07) is 10.3. The summed E-state index contributed by atoms with van der Waals surface area (Å²) in [7, 11) is 0. The molecule has 1 rings (SSSR count). The van der Waals surface area contributed by atoms with Crippen molar-refractivity contribution in [3.63, 3.8) is 0 Å². The van der Waals surface area contributed by atoms with Gasteiger partial charge in [0.15, 0.2) is 0 Å². The maximum absolute atomic E-state index is 5.38. The predicted octanol–water partition coefficient (Wildman–Crippen LogP) is 1.28. The van der Waals surface area contributed by atoms with Gasteiger partial charge in [-0.05, 0) is 12.0 Å². The van der Waals surface area contributed by atoms with Crippen LogP contribution in [0.4, 0.5) is 0 Å². The molecular weight excluding hydrogens is 162 g/mol. The molecule has 3 N–H and O–H groups in total. The molecule has 0 heterocycles. The van der Waals surface area contributed by atoms with E-state index in [1.807, 2.05) is 23.2 Å². The first-order valence-electron chi connectivity index (χ1n) is 4.62. The highest BCUT2D eigenvalue weighted by Gasteiger charge is 2.00. The van der Waals surface area contributed by atoms with Crippen molar-refractivity contribution in [1.29, 1.82) is 0 Å². The fourth-order valence-corrected chi connectivity index (χ4v) is 1.26. The first-order chi connectivity index (χ1) is 6.36. The fourth-order valence-electron chi connectivity index (χ4n) is 1.26. The van der Waals surface area contributed by atoms with E-state index in [2.05, 4.69) is 24.6 Å². The molecule has 0 atom stereocenters. The second-order valence-corrected chi connectivity index (χ2v) is 3.04. The maximum Gasteiger partial charge on any atom is 0.0394 e. The zero-order valence-electron chi connectivity index (χ0n) is 8.03. The molecule has 0 radical (unpaired) electrons. The van der Waals surface area contributed by atoms with E-state index >= 15 is 0 Å². The van der Waals surface area contributed by atoms with Crippen molar-refractivity contribution in [2.75, 3.05) is 6.54 Å². The molecule has 1 aromatic rings. The fraction of sp³-hybridized carbons (Fsp3) is 0.400. The highest BCUT2D eigenvalue weighted by Crippen LogP contribution is 2.01. The molecule has 0 aliphatic rings. The molecule has 3 heteroatoms. The van der Waals surface area contributed by atoms with Crippen LogP contribution in [0.5, 0.6) is 0 Å². The van der Waals surface area contributed by atoms with Crippen molar-refractivity contribution >= 4 is 0 Å². The zero-order valence-corrected chi connectivity index (χ0v) is 8.03. The lowest BCUT2D eigenvalue weighted by Gasteiger charge is -2.19. The van der Waals surface area contributed by atoms with Gasteiger partial charge < -0.3 is 0 Å². The minimum absolute atomic E-state index is 0.852. The summed E-state index contributed by atoms with van der Waals surface area (Å²) < 4.78 is 0. The van der Waals surface area contributed by atoms with Crippen molar-refractivity contribution in [2.45, 2.75) is 19.9 Å². The molecule has 0 saturated heterocycles. The van der Waals surface area contributed by atoms with Crippen LogP contribution in [-0.2, 0) is 6.54 Å². The largest absolute Gasteiger partial charge is 0.258 e.